The number of nitrogens with zero attached hydrogens (tertiary/aromatic N) is 1. The number of rotatable bonds is 1. The van der Waals surface area contributed by atoms with Crippen LogP contribution >= 0.6 is 0 Å². The molecule has 3 nitrogen and oxygen atoms in total. The molecule has 0 aromatic heterocycles. The molecular weight excluding hydrogens is 232 g/mol. The highest BCUT2D eigenvalue weighted by Crippen LogP contribution is 2.34. The van der Waals surface area contributed by atoms with Gasteiger partial charge in [-0.2, -0.15) is 26.3 Å². The van der Waals surface area contributed by atoms with Crippen LogP contribution in [0.4, 0.5) is 26.3 Å². The summed E-state index contributed by atoms with van der Waals surface area (Å²) in [6.45, 7) is -0.355. The van der Waals surface area contributed by atoms with Crippen molar-refractivity contribution in [1.82, 2.24) is 5.06 Å². The Balaban J connectivity index is 2.52. The van der Waals surface area contributed by atoms with Crippen molar-refractivity contribution in [3.05, 3.63) is 0 Å². The molecule has 0 bridgehead atoms. The maximum atomic E-state index is 12.0. The first kappa shape index (κ1) is 12.1. The van der Waals surface area contributed by atoms with Crippen LogP contribution in [0, 0.1) is 0 Å². The van der Waals surface area contributed by atoms with Crippen LogP contribution in [0.15, 0.2) is 0 Å². The molecule has 1 unspecified atom stereocenters. The van der Waals surface area contributed by atoms with Gasteiger partial charge in [0.05, 0.1) is 0 Å². The van der Waals surface area contributed by atoms with Gasteiger partial charge in [0.25, 0.3) is 0 Å². The Morgan fingerprint density at radius 2 is 1.73 bits per heavy atom. The predicted octanol–water partition coefficient (Wildman–Crippen LogP) is 1.64. The third-order valence-corrected chi connectivity index (χ3v) is 1.78. The average molecular weight is 237 g/mol. The van der Waals surface area contributed by atoms with Gasteiger partial charge in [-0.3, -0.25) is 0 Å². The first-order valence-electron chi connectivity index (χ1n) is 3.75. The van der Waals surface area contributed by atoms with Gasteiger partial charge in [-0.15, -0.1) is 5.06 Å². The highest BCUT2D eigenvalue weighted by Gasteiger charge is 2.53. The zero-order chi connectivity index (χ0) is 11.9. The zero-order valence-corrected chi connectivity index (χ0v) is 7.02. The highest BCUT2D eigenvalue weighted by atomic mass is 19.4. The molecular formula is C6H5F6NO2. The Hall–Kier alpha value is -0.990. The lowest BCUT2D eigenvalue weighted by Crippen LogP contribution is -2.57. The van der Waals surface area contributed by atoms with E-state index in [1.165, 1.54) is 0 Å². The van der Waals surface area contributed by atoms with Gasteiger partial charge in [-0.05, 0) is 6.42 Å². The van der Waals surface area contributed by atoms with Gasteiger partial charge < -0.3 is 4.84 Å². The molecule has 0 radical (unpaired) electrons. The number of halogens is 6. The van der Waals surface area contributed by atoms with E-state index in [9.17, 15) is 31.1 Å². The van der Waals surface area contributed by atoms with Crippen LogP contribution in [-0.4, -0.2) is 36.0 Å². The maximum Gasteiger partial charge on any atom is 0.492 e. The van der Waals surface area contributed by atoms with E-state index in [-0.39, 0.29) is 18.0 Å². The fourth-order valence-electron chi connectivity index (χ4n) is 0.958. The van der Waals surface area contributed by atoms with Crippen LogP contribution in [0.1, 0.15) is 6.42 Å². The molecule has 1 fully saturated rings. The van der Waals surface area contributed by atoms with E-state index in [4.69, 9.17) is 0 Å². The van der Waals surface area contributed by atoms with Gasteiger partial charge in [0.1, 0.15) is 6.04 Å². The van der Waals surface area contributed by atoms with Crippen molar-refractivity contribution in [3.8, 4) is 0 Å². The van der Waals surface area contributed by atoms with Gasteiger partial charge >= 0.3 is 18.3 Å². The van der Waals surface area contributed by atoms with Crippen LogP contribution < -0.4 is 0 Å². The van der Waals surface area contributed by atoms with Crippen molar-refractivity contribution in [2.24, 2.45) is 0 Å². The summed E-state index contributed by atoms with van der Waals surface area (Å²) in [6, 6.07) is -2.14. The second-order valence-corrected chi connectivity index (χ2v) is 2.86. The number of hydroxylamine groups is 2. The average Bonchev–Trinajstić information content (AvgIpc) is 1.91. The molecule has 0 aromatic carbocycles. The predicted molar refractivity (Wildman–Crippen MR) is 33.3 cm³/mol. The molecule has 1 aliphatic heterocycles. The summed E-state index contributed by atoms with van der Waals surface area (Å²) in [5, 5.41) is -0.0180. The third kappa shape index (κ3) is 2.74. The summed E-state index contributed by atoms with van der Waals surface area (Å²) in [5.41, 5.74) is 0. The molecule has 0 aromatic rings. The van der Waals surface area contributed by atoms with E-state index in [0.29, 0.717) is 0 Å². The van der Waals surface area contributed by atoms with Gasteiger partial charge in [-0.1, -0.05) is 0 Å². The van der Waals surface area contributed by atoms with Gasteiger partial charge in [0.15, 0.2) is 0 Å². The van der Waals surface area contributed by atoms with Crippen molar-refractivity contribution >= 4 is 5.97 Å². The summed E-state index contributed by atoms with van der Waals surface area (Å²) < 4.78 is 70.8. The minimum absolute atomic E-state index is 0.0180. The smallest absolute Gasteiger partial charge is 0.360 e. The van der Waals surface area contributed by atoms with Crippen molar-refractivity contribution in [1.29, 1.82) is 0 Å². The number of carbonyl (C=O) groups is 1. The molecule has 0 aliphatic carbocycles. The molecule has 0 spiro atoms. The topological polar surface area (TPSA) is 29.5 Å². The summed E-state index contributed by atoms with van der Waals surface area (Å²) in [6.07, 6.45) is -10.4. The van der Waals surface area contributed by atoms with Gasteiger partial charge in [-0.25, -0.2) is 4.79 Å². The van der Waals surface area contributed by atoms with Crippen molar-refractivity contribution in [2.75, 3.05) is 6.54 Å². The van der Waals surface area contributed by atoms with E-state index in [0.717, 1.165) is 0 Å². The molecule has 1 saturated heterocycles. The summed E-state index contributed by atoms with van der Waals surface area (Å²) >= 11 is 0. The number of hydrogen-bond acceptors (Lipinski definition) is 3. The largest absolute Gasteiger partial charge is 0.492 e. The minimum Gasteiger partial charge on any atom is -0.360 e. The van der Waals surface area contributed by atoms with E-state index in [2.05, 4.69) is 4.84 Å². The lowest BCUT2D eigenvalue weighted by molar-refractivity contribution is -0.314. The molecule has 1 heterocycles. The van der Waals surface area contributed by atoms with Crippen molar-refractivity contribution in [3.63, 3.8) is 0 Å². The Labute approximate surface area is 79.5 Å². The Kier molecular flexibility index (Phi) is 2.85. The Morgan fingerprint density at radius 1 is 1.20 bits per heavy atom. The molecule has 1 aliphatic rings. The standard InChI is InChI=1S/C6H5F6NO2/c7-5(8,9)3-1-2-13(3)15-4(14)6(10,11)12/h3H,1-2H2. The van der Waals surface area contributed by atoms with Crippen LogP contribution in [0.3, 0.4) is 0 Å². The number of carbonyl (C=O) groups excluding carboxylic acids is 1. The SMILES string of the molecule is O=C(ON1CCC1C(F)(F)F)C(F)(F)F. The number of hydrogen-bond donors (Lipinski definition) is 0. The minimum atomic E-state index is -5.29. The van der Waals surface area contributed by atoms with E-state index >= 15 is 0 Å². The van der Waals surface area contributed by atoms with Crippen LogP contribution in [0.2, 0.25) is 0 Å². The molecule has 0 N–H and O–H groups in total. The fraction of sp³-hybridized carbons (Fsp3) is 0.833. The van der Waals surface area contributed by atoms with Crippen molar-refractivity contribution < 1.29 is 36.0 Å². The Bertz CT molecular complexity index is 259. The van der Waals surface area contributed by atoms with E-state index in [1.54, 1.807) is 0 Å². The van der Waals surface area contributed by atoms with Gasteiger partial charge in [0.2, 0.25) is 0 Å². The second-order valence-electron chi connectivity index (χ2n) is 2.86. The molecule has 1 rings (SSSR count). The summed E-state index contributed by atoms with van der Waals surface area (Å²) in [7, 11) is 0. The highest BCUT2D eigenvalue weighted by molar-refractivity contribution is 5.75. The van der Waals surface area contributed by atoms with Crippen molar-refractivity contribution in [2.45, 2.75) is 24.8 Å². The first-order chi connectivity index (χ1) is 6.62. The molecule has 0 amide bonds. The monoisotopic (exact) mass is 237 g/mol. The molecule has 1 atom stereocenters. The van der Waals surface area contributed by atoms with Crippen LogP contribution in [0.25, 0.3) is 0 Å². The molecule has 88 valence electrons. The van der Waals surface area contributed by atoms with E-state index < -0.39 is 24.4 Å². The zero-order valence-electron chi connectivity index (χ0n) is 7.02. The van der Waals surface area contributed by atoms with Crippen LogP contribution in [0.5, 0.6) is 0 Å². The quantitative estimate of drug-likeness (QED) is 0.649. The fourth-order valence-corrected chi connectivity index (χ4v) is 0.958. The number of alkyl halides is 6. The lowest BCUT2D eigenvalue weighted by Gasteiger charge is -2.39. The molecule has 15 heavy (non-hydrogen) atoms. The maximum absolute atomic E-state index is 12.0. The van der Waals surface area contributed by atoms with E-state index in [1.807, 2.05) is 0 Å². The van der Waals surface area contributed by atoms with Gasteiger partial charge in [0, 0.05) is 6.54 Å². The lowest BCUT2D eigenvalue weighted by atomic mass is 10.1. The summed E-state index contributed by atoms with van der Waals surface area (Å²) in [4.78, 5) is 13.7. The van der Waals surface area contributed by atoms with Crippen LogP contribution in [-0.2, 0) is 9.63 Å². The normalized spacial score (nSPS) is 23.5. The summed E-state index contributed by atoms with van der Waals surface area (Å²) in [5.74, 6) is -2.64. The first-order valence-corrected chi connectivity index (χ1v) is 3.75. The second kappa shape index (κ2) is 3.54. The Morgan fingerprint density at radius 3 is 2.00 bits per heavy atom. The molecule has 0 saturated carbocycles. The third-order valence-electron chi connectivity index (χ3n) is 1.78. The molecule has 9 heteroatoms.